The number of carbonyl (C=O) groups is 1. The second-order valence-corrected chi connectivity index (χ2v) is 8.70. The summed E-state index contributed by atoms with van der Waals surface area (Å²) in [5.41, 5.74) is 6.96. The van der Waals surface area contributed by atoms with Crippen LogP contribution in [0.1, 0.15) is 29.5 Å². The van der Waals surface area contributed by atoms with E-state index in [1.165, 1.54) is 29.7 Å². The summed E-state index contributed by atoms with van der Waals surface area (Å²) in [5.74, 6) is -0.0904. The summed E-state index contributed by atoms with van der Waals surface area (Å²) in [6, 6.07) is 24.4. The third-order valence-electron chi connectivity index (χ3n) is 6.48. The summed E-state index contributed by atoms with van der Waals surface area (Å²) in [6.07, 6.45) is 6.37. The van der Waals surface area contributed by atoms with Gasteiger partial charge in [-0.05, 0) is 84.8 Å². The third-order valence-corrected chi connectivity index (χ3v) is 6.48. The van der Waals surface area contributed by atoms with Crippen LogP contribution in [0, 0.1) is 0 Å². The van der Waals surface area contributed by atoms with Crippen LogP contribution in [-0.4, -0.2) is 25.0 Å². The van der Waals surface area contributed by atoms with E-state index in [2.05, 4.69) is 22.0 Å². The van der Waals surface area contributed by atoms with Crippen LogP contribution in [0.25, 0.3) is 6.08 Å². The molecule has 3 aliphatic heterocycles. The highest BCUT2D eigenvalue weighted by Gasteiger charge is 2.30. The second-order valence-electron chi connectivity index (χ2n) is 8.70. The van der Waals surface area contributed by atoms with Gasteiger partial charge in [0.1, 0.15) is 0 Å². The lowest BCUT2D eigenvalue weighted by Gasteiger charge is -2.37. The summed E-state index contributed by atoms with van der Waals surface area (Å²) in [4.78, 5) is 21.5. The van der Waals surface area contributed by atoms with Gasteiger partial charge in [-0.3, -0.25) is 9.69 Å². The fourth-order valence-corrected chi connectivity index (χ4v) is 5.08. The molecule has 3 aromatic carbocycles. The number of aryl methyl sites for hydroxylation is 2. The molecular weight excluding hydrogens is 410 g/mol. The number of para-hydroxylation sites is 2. The van der Waals surface area contributed by atoms with Gasteiger partial charge in [-0.15, -0.1) is 0 Å². The lowest BCUT2D eigenvalue weighted by Crippen LogP contribution is -2.34. The number of rotatable bonds is 3. The van der Waals surface area contributed by atoms with E-state index >= 15 is 0 Å². The highest BCUT2D eigenvalue weighted by Crippen LogP contribution is 2.37. The largest absolute Gasteiger partial charge is 0.419 e. The van der Waals surface area contributed by atoms with Crippen LogP contribution in [0.5, 0.6) is 0 Å². The number of anilines is 3. The van der Waals surface area contributed by atoms with Gasteiger partial charge in [0.05, 0.1) is 11.4 Å². The van der Waals surface area contributed by atoms with Crippen molar-refractivity contribution < 1.29 is 9.53 Å². The molecule has 0 saturated heterocycles. The molecule has 0 saturated carbocycles. The summed E-state index contributed by atoms with van der Waals surface area (Å²) in [5, 5.41) is 0. The smallest absolute Gasteiger partial charge is 0.317 e. The van der Waals surface area contributed by atoms with Crippen molar-refractivity contribution in [2.75, 3.05) is 22.9 Å². The fourth-order valence-electron chi connectivity index (χ4n) is 5.08. The maximum atomic E-state index is 12.8. The minimum atomic E-state index is -0.352. The van der Waals surface area contributed by atoms with Crippen molar-refractivity contribution in [1.82, 2.24) is 0 Å². The zero-order valence-corrected chi connectivity index (χ0v) is 18.4. The Bertz CT molecular complexity index is 1190. The first-order chi connectivity index (χ1) is 16.3. The summed E-state index contributed by atoms with van der Waals surface area (Å²) in [7, 11) is 0. The molecular formula is C28H25N3O2. The molecule has 164 valence electrons. The topological polar surface area (TPSA) is 45.1 Å². The lowest BCUT2D eigenvalue weighted by molar-refractivity contribution is -0.115. The van der Waals surface area contributed by atoms with Crippen LogP contribution < -0.4 is 9.80 Å². The van der Waals surface area contributed by atoms with E-state index in [0.717, 1.165) is 42.9 Å². The number of hydrogen-bond acceptors (Lipinski definition) is 4. The highest BCUT2D eigenvalue weighted by molar-refractivity contribution is 6.14. The molecule has 33 heavy (non-hydrogen) atoms. The number of carbonyl (C=O) groups excluding carboxylic acids is 1. The van der Waals surface area contributed by atoms with E-state index in [0.29, 0.717) is 0 Å². The predicted molar refractivity (Wildman–Crippen MR) is 132 cm³/mol. The first-order valence-corrected chi connectivity index (χ1v) is 11.6. The quantitative estimate of drug-likeness (QED) is 0.511. The van der Waals surface area contributed by atoms with Gasteiger partial charge >= 0.3 is 11.9 Å². The Labute approximate surface area is 193 Å². The van der Waals surface area contributed by atoms with Crippen molar-refractivity contribution in [2.45, 2.75) is 25.7 Å². The molecule has 0 atom stereocenters. The molecule has 0 fully saturated rings. The standard InChI is InChI=1S/C28H25N3O2/c32-27-25(19-20-17-21-9-7-15-30-16-8-10-22(18-20)26(21)30)33-28(29-27)31(23-11-3-1-4-12-23)24-13-5-2-6-14-24/h1-6,11-14,17-19H,7-10,15-16H2/b25-19+. The first kappa shape index (κ1) is 19.8. The molecule has 5 nitrogen and oxygen atoms in total. The van der Waals surface area contributed by atoms with Gasteiger partial charge < -0.3 is 9.64 Å². The van der Waals surface area contributed by atoms with Crippen molar-refractivity contribution >= 4 is 35.1 Å². The molecule has 1 amide bonds. The van der Waals surface area contributed by atoms with Crippen LogP contribution in [0.2, 0.25) is 0 Å². The Kier molecular flexibility index (Phi) is 4.95. The number of hydrogen-bond donors (Lipinski definition) is 0. The number of amidine groups is 1. The normalized spacial score (nSPS) is 18.1. The average molecular weight is 436 g/mol. The lowest BCUT2D eigenvalue weighted by atomic mass is 9.90. The molecule has 0 N–H and O–H groups in total. The van der Waals surface area contributed by atoms with Crippen LogP contribution in [0.3, 0.4) is 0 Å². The average Bonchev–Trinajstić information content (AvgIpc) is 3.20. The number of nitrogens with zero attached hydrogens (tertiary/aromatic N) is 3. The van der Waals surface area contributed by atoms with Crippen molar-refractivity contribution in [3.05, 3.63) is 95.2 Å². The van der Waals surface area contributed by atoms with Gasteiger partial charge in [-0.25, -0.2) is 0 Å². The maximum Gasteiger partial charge on any atom is 0.317 e. The molecule has 0 aromatic heterocycles. The molecule has 6 rings (SSSR count). The van der Waals surface area contributed by atoms with Crippen LogP contribution in [-0.2, 0) is 22.4 Å². The van der Waals surface area contributed by atoms with E-state index < -0.39 is 0 Å². The Balaban J connectivity index is 1.34. The summed E-state index contributed by atoms with van der Waals surface area (Å²) < 4.78 is 6.08. The highest BCUT2D eigenvalue weighted by atomic mass is 16.5. The molecule has 3 aliphatic rings. The van der Waals surface area contributed by atoms with E-state index in [9.17, 15) is 4.79 Å². The van der Waals surface area contributed by atoms with Gasteiger partial charge in [-0.1, -0.05) is 36.4 Å². The molecule has 5 heteroatoms. The Morgan fingerprint density at radius 1 is 0.848 bits per heavy atom. The van der Waals surface area contributed by atoms with Gasteiger partial charge in [0, 0.05) is 18.8 Å². The Morgan fingerprint density at radius 2 is 1.42 bits per heavy atom. The molecule has 0 radical (unpaired) electrons. The third kappa shape index (κ3) is 3.69. The monoisotopic (exact) mass is 435 g/mol. The van der Waals surface area contributed by atoms with Crippen molar-refractivity contribution in [2.24, 2.45) is 4.99 Å². The van der Waals surface area contributed by atoms with E-state index in [-0.39, 0.29) is 17.7 Å². The summed E-state index contributed by atoms with van der Waals surface area (Å²) >= 11 is 0. The second kappa shape index (κ2) is 8.24. The van der Waals surface area contributed by atoms with Crippen molar-refractivity contribution in [3.8, 4) is 0 Å². The number of benzene rings is 3. The van der Waals surface area contributed by atoms with E-state index in [1.54, 1.807) is 0 Å². The zero-order valence-electron chi connectivity index (χ0n) is 18.4. The van der Waals surface area contributed by atoms with Crippen LogP contribution >= 0.6 is 0 Å². The molecule has 3 aromatic rings. The van der Waals surface area contributed by atoms with Crippen LogP contribution in [0.15, 0.2) is 83.5 Å². The van der Waals surface area contributed by atoms with Gasteiger partial charge in [0.2, 0.25) is 0 Å². The fraction of sp³-hybridized carbons (Fsp3) is 0.214. The minimum absolute atomic E-state index is 0.262. The zero-order chi connectivity index (χ0) is 22.2. The van der Waals surface area contributed by atoms with Crippen LogP contribution in [0.4, 0.5) is 17.1 Å². The molecule has 0 bridgehead atoms. The molecule has 0 aliphatic carbocycles. The van der Waals surface area contributed by atoms with Crippen molar-refractivity contribution in [3.63, 3.8) is 0 Å². The predicted octanol–water partition coefficient (Wildman–Crippen LogP) is 5.48. The Hall–Kier alpha value is -3.86. The number of aliphatic imine (C=N–C) groups is 1. The minimum Gasteiger partial charge on any atom is -0.419 e. The van der Waals surface area contributed by atoms with Gasteiger partial charge in [0.25, 0.3) is 0 Å². The van der Waals surface area contributed by atoms with E-state index in [1.807, 2.05) is 71.6 Å². The molecule has 0 spiro atoms. The van der Waals surface area contributed by atoms with Gasteiger partial charge in [-0.2, -0.15) is 4.99 Å². The van der Waals surface area contributed by atoms with E-state index in [4.69, 9.17) is 4.74 Å². The Morgan fingerprint density at radius 3 is 2.00 bits per heavy atom. The maximum absolute atomic E-state index is 12.8. The first-order valence-electron chi connectivity index (χ1n) is 11.6. The number of amides is 1. The summed E-state index contributed by atoms with van der Waals surface area (Å²) in [6.45, 7) is 2.29. The SMILES string of the molecule is O=C1N=C(N(c2ccccc2)c2ccccc2)O/C1=C/c1cc2c3c(c1)CCCN3CCC2. The van der Waals surface area contributed by atoms with Crippen molar-refractivity contribution in [1.29, 1.82) is 0 Å². The molecule has 3 heterocycles. The number of ether oxygens (including phenoxy) is 1. The molecule has 0 unspecified atom stereocenters. The van der Waals surface area contributed by atoms with Gasteiger partial charge in [0.15, 0.2) is 5.76 Å².